The van der Waals surface area contributed by atoms with Crippen LogP contribution in [0, 0.1) is 6.92 Å². The fourth-order valence-corrected chi connectivity index (χ4v) is 3.42. The molecule has 1 N–H and O–H groups in total. The van der Waals surface area contributed by atoms with E-state index in [0.717, 1.165) is 52.4 Å². The summed E-state index contributed by atoms with van der Waals surface area (Å²) in [6.07, 6.45) is 3.29. The lowest BCUT2D eigenvalue weighted by molar-refractivity contribution is -0.111. The fourth-order valence-electron chi connectivity index (χ4n) is 3.42. The lowest BCUT2D eigenvalue weighted by atomic mass is 10.1. The van der Waals surface area contributed by atoms with Crippen molar-refractivity contribution in [3.8, 4) is 5.75 Å². The molecule has 0 aliphatic heterocycles. The summed E-state index contributed by atoms with van der Waals surface area (Å²) >= 11 is 0. The van der Waals surface area contributed by atoms with Crippen molar-refractivity contribution in [1.82, 2.24) is 4.98 Å². The van der Waals surface area contributed by atoms with E-state index in [1.807, 2.05) is 49.4 Å². The second-order valence-corrected chi connectivity index (χ2v) is 6.99. The van der Waals surface area contributed by atoms with Crippen LogP contribution in [-0.2, 0) is 4.79 Å². The zero-order valence-electron chi connectivity index (χ0n) is 18.1. The largest absolute Gasteiger partial charge is 0.493 e. The molecule has 3 aromatic rings. The molecule has 0 unspecified atom stereocenters. The first-order valence-corrected chi connectivity index (χ1v) is 10.4. The predicted molar refractivity (Wildman–Crippen MR) is 125 cm³/mol. The third-order valence-corrected chi connectivity index (χ3v) is 4.99. The first kappa shape index (κ1) is 21.4. The zero-order valence-corrected chi connectivity index (χ0v) is 18.1. The number of carbonyl (C=O) groups is 1. The molecule has 0 atom stereocenters. The number of carbonyl (C=O) groups excluding carboxylic acids is 1. The van der Waals surface area contributed by atoms with E-state index in [9.17, 15) is 4.79 Å². The minimum Gasteiger partial charge on any atom is -0.493 e. The molecule has 2 aromatic carbocycles. The van der Waals surface area contributed by atoms with Crippen LogP contribution in [0.2, 0.25) is 0 Å². The summed E-state index contributed by atoms with van der Waals surface area (Å²) in [7, 11) is 0. The third-order valence-electron chi connectivity index (χ3n) is 4.99. The van der Waals surface area contributed by atoms with Crippen LogP contribution < -0.4 is 15.0 Å². The van der Waals surface area contributed by atoms with Crippen LogP contribution >= 0.6 is 0 Å². The Hall–Kier alpha value is -3.34. The molecule has 0 aliphatic carbocycles. The van der Waals surface area contributed by atoms with Gasteiger partial charge in [0.15, 0.2) is 0 Å². The van der Waals surface area contributed by atoms with Gasteiger partial charge in [0.25, 0.3) is 0 Å². The van der Waals surface area contributed by atoms with Crippen LogP contribution in [0.4, 0.5) is 11.5 Å². The number of amides is 1. The standard InChI is InChI=1S/C25H29N3O2/c1-5-28(6-2)24-16-18(4)21-17-20(13-14-22(21)27-24)26-25(29)15-12-19-10-8-9-11-23(19)30-7-3/h8-17H,5-7H2,1-4H3,(H,26,29). The topological polar surface area (TPSA) is 54.5 Å². The van der Waals surface area contributed by atoms with Gasteiger partial charge >= 0.3 is 0 Å². The average Bonchev–Trinajstić information content (AvgIpc) is 2.75. The van der Waals surface area contributed by atoms with E-state index in [4.69, 9.17) is 9.72 Å². The Morgan fingerprint density at radius 2 is 1.87 bits per heavy atom. The number of pyridine rings is 1. The molecular formula is C25H29N3O2. The third kappa shape index (κ3) is 4.98. The molecule has 1 heterocycles. The van der Waals surface area contributed by atoms with Crippen molar-refractivity contribution in [3.63, 3.8) is 0 Å². The van der Waals surface area contributed by atoms with E-state index in [-0.39, 0.29) is 5.91 Å². The molecule has 0 spiro atoms. The number of nitrogens with zero attached hydrogens (tertiary/aromatic N) is 2. The van der Waals surface area contributed by atoms with Crippen molar-refractivity contribution in [2.24, 2.45) is 0 Å². The van der Waals surface area contributed by atoms with Crippen LogP contribution in [-0.4, -0.2) is 30.6 Å². The van der Waals surface area contributed by atoms with Crippen molar-refractivity contribution in [3.05, 3.63) is 65.7 Å². The lowest BCUT2D eigenvalue weighted by Crippen LogP contribution is -2.23. The van der Waals surface area contributed by atoms with Crippen LogP contribution in [0.3, 0.4) is 0 Å². The van der Waals surface area contributed by atoms with Crippen LogP contribution in [0.15, 0.2) is 54.6 Å². The van der Waals surface area contributed by atoms with Gasteiger partial charge in [-0.05, 0) is 69.7 Å². The van der Waals surface area contributed by atoms with Gasteiger partial charge in [-0.3, -0.25) is 4.79 Å². The van der Waals surface area contributed by atoms with Gasteiger partial charge in [0.2, 0.25) is 5.91 Å². The molecule has 1 amide bonds. The van der Waals surface area contributed by atoms with Gasteiger partial charge in [-0.2, -0.15) is 0 Å². The molecule has 3 rings (SSSR count). The highest BCUT2D eigenvalue weighted by atomic mass is 16.5. The maximum Gasteiger partial charge on any atom is 0.248 e. The first-order chi connectivity index (χ1) is 14.5. The van der Waals surface area contributed by atoms with Crippen molar-refractivity contribution in [2.75, 3.05) is 29.9 Å². The zero-order chi connectivity index (χ0) is 21.5. The van der Waals surface area contributed by atoms with Crippen LogP contribution in [0.1, 0.15) is 31.9 Å². The van der Waals surface area contributed by atoms with E-state index in [2.05, 4.69) is 37.1 Å². The number of aryl methyl sites for hydroxylation is 1. The average molecular weight is 404 g/mol. The molecule has 1 aromatic heterocycles. The van der Waals surface area contributed by atoms with Gasteiger partial charge in [-0.1, -0.05) is 18.2 Å². The number of benzene rings is 2. The molecule has 0 saturated carbocycles. The minimum absolute atomic E-state index is 0.189. The Morgan fingerprint density at radius 3 is 2.60 bits per heavy atom. The fraction of sp³-hybridized carbons (Fsp3) is 0.280. The maximum atomic E-state index is 12.4. The SMILES string of the molecule is CCOc1ccccc1C=CC(=O)Nc1ccc2nc(N(CC)CC)cc(C)c2c1. The molecule has 30 heavy (non-hydrogen) atoms. The van der Waals surface area contributed by atoms with E-state index >= 15 is 0 Å². The van der Waals surface area contributed by atoms with Gasteiger partial charge in [0.1, 0.15) is 11.6 Å². The number of ether oxygens (including phenoxy) is 1. The van der Waals surface area contributed by atoms with Crippen LogP contribution in [0.25, 0.3) is 17.0 Å². The Labute approximate surface area is 178 Å². The normalized spacial score (nSPS) is 11.1. The molecule has 156 valence electrons. The maximum absolute atomic E-state index is 12.4. The van der Waals surface area contributed by atoms with Gasteiger partial charge < -0.3 is 15.0 Å². The highest BCUT2D eigenvalue weighted by Gasteiger charge is 2.09. The number of anilines is 2. The van der Waals surface area contributed by atoms with Crippen molar-refractivity contribution >= 4 is 34.4 Å². The highest BCUT2D eigenvalue weighted by molar-refractivity contribution is 6.03. The predicted octanol–water partition coefficient (Wildman–Crippen LogP) is 5.44. The number of para-hydroxylation sites is 1. The summed E-state index contributed by atoms with van der Waals surface area (Å²) < 4.78 is 5.60. The molecule has 0 bridgehead atoms. The summed E-state index contributed by atoms with van der Waals surface area (Å²) in [6, 6.07) is 15.6. The van der Waals surface area contributed by atoms with Crippen molar-refractivity contribution in [2.45, 2.75) is 27.7 Å². The van der Waals surface area contributed by atoms with Crippen LogP contribution in [0.5, 0.6) is 5.75 Å². The Morgan fingerprint density at radius 1 is 1.10 bits per heavy atom. The molecule has 0 radical (unpaired) electrons. The molecule has 5 nitrogen and oxygen atoms in total. The van der Waals surface area contributed by atoms with E-state index in [1.165, 1.54) is 6.08 Å². The Bertz CT molecular complexity index is 1060. The smallest absolute Gasteiger partial charge is 0.248 e. The van der Waals surface area contributed by atoms with E-state index in [1.54, 1.807) is 6.08 Å². The van der Waals surface area contributed by atoms with Gasteiger partial charge in [0, 0.05) is 35.8 Å². The number of nitrogens with one attached hydrogen (secondary N) is 1. The molecule has 5 heteroatoms. The van der Waals surface area contributed by atoms with Gasteiger partial charge in [-0.25, -0.2) is 4.98 Å². The summed E-state index contributed by atoms with van der Waals surface area (Å²) in [4.78, 5) is 19.5. The Balaban J connectivity index is 1.78. The number of hydrogen-bond donors (Lipinski definition) is 1. The second-order valence-electron chi connectivity index (χ2n) is 6.99. The summed E-state index contributed by atoms with van der Waals surface area (Å²) in [6.45, 7) is 10.7. The lowest BCUT2D eigenvalue weighted by Gasteiger charge is -2.21. The van der Waals surface area contributed by atoms with Crippen molar-refractivity contribution in [1.29, 1.82) is 0 Å². The number of aromatic nitrogens is 1. The first-order valence-electron chi connectivity index (χ1n) is 10.4. The quantitative estimate of drug-likeness (QED) is 0.509. The monoisotopic (exact) mass is 403 g/mol. The van der Waals surface area contributed by atoms with E-state index < -0.39 is 0 Å². The Kier molecular flexibility index (Phi) is 7.07. The van der Waals surface area contributed by atoms with Crippen molar-refractivity contribution < 1.29 is 9.53 Å². The van der Waals surface area contributed by atoms with Gasteiger partial charge in [-0.15, -0.1) is 0 Å². The second kappa shape index (κ2) is 9.92. The summed E-state index contributed by atoms with van der Waals surface area (Å²) in [5.41, 5.74) is 3.68. The minimum atomic E-state index is -0.189. The number of fused-ring (bicyclic) bond motifs is 1. The molecular weight excluding hydrogens is 374 g/mol. The number of rotatable bonds is 8. The molecule has 0 fully saturated rings. The summed E-state index contributed by atoms with van der Waals surface area (Å²) in [5, 5.41) is 3.97. The number of hydrogen-bond acceptors (Lipinski definition) is 4. The van der Waals surface area contributed by atoms with Gasteiger partial charge in [0.05, 0.1) is 12.1 Å². The highest BCUT2D eigenvalue weighted by Crippen LogP contribution is 2.25. The summed E-state index contributed by atoms with van der Waals surface area (Å²) in [5.74, 6) is 1.56. The molecule has 0 aliphatic rings. The van der Waals surface area contributed by atoms with E-state index in [0.29, 0.717) is 6.61 Å². The molecule has 0 saturated heterocycles.